The van der Waals surface area contributed by atoms with Crippen molar-refractivity contribution in [3.05, 3.63) is 11.5 Å². The van der Waals surface area contributed by atoms with Gasteiger partial charge in [-0.1, -0.05) is 0 Å². The summed E-state index contributed by atoms with van der Waals surface area (Å²) in [5.74, 6) is -2.17. The Hall–Kier alpha value is -1.27. The average molecular weight is 188 g/mol. The summed E-state index contributed by atoms with van der Waals surface area (Å²) in [7, 11) is 0. The second-order valence-electron chi connectivity index (χ2n) is 2.75. The van der Waals surface area contributed by atoms with E-state index in [0.717, 1.165) is 0 Å². The topological polar surface area (TPSA) is 85.2 Å². The molecule has 0 radical (unpaired) electrons. The molecule has 6 heteroatoms. The highest BCUT2D eigenvalue weighted by Crippen LogP contribution is 2.24. The van der Waals surface area contributed by atoms with Crippen molar-refractivity contribution >= 4 is 5.97 Å². The van der Waals surface area contributed by atoms with E-state index in [9.17, 15) is 9.90 Å². The fourth-order valence-electron chi connectivity index (χ4n) is 1.24. The number of carbonyl (C=O) groups is 1. The number of ether oxygens (including phenoxy) is 3. The molecule has 0 aromatic rings. The SMILES string of the molecule is O=C1OC(C2COCO2)C(O)=C1O. The van der Waals surface area contributed by atoms with Gasteiger partial charge in [0.15, 0.2) is 11.9 Å². The molecule has 2 heterocycles. The van der Waals surface area contributed by atoms with Gasteiger partial charge in [-0.3, -0.25) is 0 Å². The van der Waals surface area contributed by atoms with Crippen LogP contribution < -0.4 is 0 Å². The lowest BCUT2D eigenvalue weighted by atomic mass is 10.2. The Bertz CT molecular complexity index is 264. The van der Waals surface area contributed by atoms with Crippen molar-refractivity contribution in [3.8, 4) is 0 Å². The molecule has 2 aliphatic rings. The van der Waals surface area contributed by atoms with Gasteiger partial charge in [0, 0.05) is 0 Å². The van der Waals surface area contributed by atoms with Gasteiger partial charge in [0.25, 0.3) is 0 Å². The number of rotatable bonds is 1. The number of esters is 1. The first-order chi connectivity index (χ1) is 6.20. The number of hydrogen-bond donors (Lipinski definition) is 2. The van der Waals surface area contributed by atoms with Gasteiger partial charge >= 0.3 is 5.97 Å². The monoisotopic (exact) mass is 188 g/mol. The van der Waals surface area contributed by atoms with Crippen molar-refractivity contribution in [2.45, 2.75) is 12.2 Å². The third-order valence-electron chi connectivity index (χ3n) is 1.92. The molecule has 0 spiro atoms. The van der Waals surface area contributed by atoms with E-state index >= 15 is 0 Å². The smallest absolute Gasteiger partial charge is 0.377 e. The van der Waals surface area contributed by atoms with Crippen molar-refractivity contribution in [3.63, 3.8) is 0 Å². The van der Waals surface area contributed by atoms with E-state index in [0.29, 0.717) is 0 Å². The number of aliphatic hydroxyl groups excluding tert-OH is 2. The van der Waals surface area contributed by atoms with Gasteiger partial charge in [-0.2, -0.15) is 0 Å². The maximum absolute atomic E-state index is 10.8. The molecule has 2 atom stereocenters. The van der Waals surface area contributed by atoms with Crippen LogP contribution in [0.1, 0.15) is 0 Å². The zero-order valence-corrected chi connectivity index (χ0v) is 6.60. The minimum absolute atomic E-state index is 0.104. The summed E-state index contributed by atoms with van der Waals surface area (Å²) in [4.78, 5) is 10.8. The number of aliphatic hydroxyl groups is 2. The predicted octanol–water partition coefficient (Wildman–Crippen LogP) is -0.388. The molecular formula is C7H8O6. The molecule has 0 bridgehead atoms. The zero-order chi connectivity index (χ0) is 9.42. The second kappa shape index (κ2) is 2.90. The third kappa shape index (κ3) is 1.24. The third-order valence-corrected chi connectivity index (χ3v) is 1.92. The fraction of sp³-hybridized carbons (Fsp3) is 0.571. The van der Waals surface area contributed by atoms with E-state index in [1.807, 2.05) is 0 Å². The molecule has 0 aromatic carbocycles. The molecule has 1 fully saturated rings. The van der Waals surface area contributed by atoms with Crippen molar-refractivity contribution in [2.24, 2.45) is 0 Å². The van der Waals surface area contributed by atoms with Crippen LogP contribution in [0.5, 0.6) is 0 Å². The largest absolute Gasteiger partial charge is 0.505 e. The van der Waals surface area contributed by atoms with E-state index < -0.39 is 29.7 Å². The summed E-state index contributed by atoms with van der Waals surface area (Å²) in [6, 6.07) is 0. The molecule has 72 valence electrons. The molecule has 2 aliphatic heterocycles. The Labute approximate surface area is 73.3 Å². The molecule has 0 aromatic heterocycles. The van der Waals surface area contributed by atoms with Crippen molar-refractivity contribution in [2.75, 3.05) is 13.4 Å². The van der Waals surface area contributed by atoms with Crippen LogP contribution in [-0.2, 0) is 19.0 Å². The van der Waals surface area contributed by atoms with Gasteiger partial charge in [0.1, 0.15) is 12.9 Å². The van der Waals surface area contributed by atoms with Crippen LogP contribution in [0.25, 0.3) is 0 Å². The van der Waals surface area contributed by atoms with Gasteiger partial charge in [-0.05, 0) is 0 Å². The lowest BCUT2D eigenvalue weighted by Crippen LogP contribution is -2.30. The first-order valence-electron chi connectivity index (χ1n) is 3.72. The van der Waals surface area contributed by atoms with E-state index in [-0.39, 0.29) is 13.4 Å². The second-order valence-corrected chi connectivity index (χ2v) is 2.75. The molecule has 0 saturated carbocycles. The van der Waals surface area contributed by atoms with E-state index in [4.69, 9.17) is 14.6 Å². The number of hydrogen-bond acceptors (Lipinski definition) is 6. The summed E-state index contributed by atoms with van der Waals surface area (Å²) >= 11 is 0. The van der Waals surface area contributed by atoms with Crippen LogP contribution >= 0.6 is 0 Å². The molecule has 2 unspecified atom stereocenters. The highest BCUT2D eigenvalue weighted by atomic mass is 16.7. The molecule has 2 N–H and O–H groups in total. The van der Waals surface area contributed by atoms with Crippen molar-refractivity contribution in [1.82, 2.24) is 0 Å². The van der Waals surface area contributed by atoms with E-state index in [2.05, 4.69) is 4.74 Å². The van der Waals surface area contributed by atoms with Crippen LogP contribution in [0.3, 0.4) is 0 Å². The lowest BCUT2D eigenvalue weighted by Gasteiger charge is -2.14. The molecule has 0 aliphatic carbocycles. The predicted molar refractivity (Wildman–Crippen MR) is 37.9 cm³/mol. The standard InChI is InChI=1S/C7H8O6/c8-4-5(9)7(10)13-6(4)3-1-11-2-12-3/h3,6,8-9H,1-2H2. The molecule has 6 nitrogen and oxygen atoms in total. The minimum Gasteiger partial charge on any atom is -0.505 e. The molecule has 1 saturated heterocycles. The van der Waals surface area contributed by atoms with E-state index in [1.165, 1.54) is 0 Å². The maximum Gasteiger partial charge on any atom is 0.377 e. The average Bonchev–Trinajstić information content (AvgIpc) is 2.70. The van der Waals surface area contributed by atoms with Gasteiger partial charge in [-0.25, -0.2) is 4.79 Å². The maximum atomic E-state index is 10.8. The Morgan fingerprint density at radius 1 is 1.38 bits per heavy atom. The van der Waals surface area contributed by atoms with Crippen LogP contribution in [0.4, 0.5) is 0 Å². The van der Waals surface area contributed by atoms with Gasteiger partial charge in [0.05, 0.1) is 6.61 Å². The number of cyclic esters (lactones) is 1. The van der Waals surface area contributed by atoms with Gasteiger partial charge < -0.3 is 24.4 Å². The van der Waals surface area contributed by atoms with Gasteiger partial charge in [0.2, 0.25) is 5.76 Å². The van der Waals surface area contributed by atoms with Crippen molar-refractivity contribution in [1.29, 1.82) is 0 Å². The molecule has 2 rings (SSSR count). The normalized spacial score (nSPS) is 34.0. The molecular weight excluding hydrogens is 180 g/mol. The van der Waals surface area contributed by atoms with Gasteiger partial charge in [-0.15, -0.1) is 0 Å². The summed E-state index contributed by atoms with van der Waals surface area (Å²) < 4.78 is 14.5. The summed E-state index contributed by atoms with van der Waals surface area (Å²) in [5, 5.41) is 18.2. The highest BCUT2D eigenvalue weighted by molar-refractivity contribution is 5.89. The Morgan fingerprint density at radius 2 is 2.15 bits per heavy atom. The van der Waals surface area contributed by atoms with Crippen LogP contribution in [0, 0.1) is 0 Å². The summed E-state index contributed by atoms with van der Waals surface area (Å²) in [6.07, 6.45) is -1.47. The molecule has 13 heavy (non-hydrogen) atoms. The quantitative estimate of drug-likeness (QED) is 0.545. The van der Waals surface area contributed by atoms with Crippen molar-refractivity contribution < 1.29 is 29.2 Å². The Balaban J connectivity index is 2.14. The van der Waals surface area contributed by atoms with Crippen LogP contribution in [0.2, 0.25) is 0 Å². The Kier molecular flexibility index (Phi) is 1.86. The lowest BCUT2D eigenvalue weighted by molar-refractivity contribution is -0.146. The fourth-order valence-corrected chi connectivity index (χ4v) is 1.24. The minimum atomic E-state index is -0.935. The molecule has 0 amide bonds. The number of carbonyl (C=O) groups excluding carboxylic acids is 1. The Morgan fingerprint density at radius 3 is 2.62 bits per heavy atom. The first-order valence-corrected chi connectivity index (χ1v) is 3.72. The first kappa shape index (κ1) is 8.33. The van der Waals surface area contributed by atoms with Crippen LogP contribution in [-0.4, -0.2) is 41.8 Å². The van der Waals surface area contributed by atoms with E-state index in [1.54, 1.807) is 0 Å². The highest BCUT2D eigenvalue weighted by Gasteiger charge is 2.42. The zero-order valence-electron chi connectivity index (χ0n) is 6.60. The summed E-state index contributed by atoms with van der Waals surface area (Å²) in [6.45, 7) is 0.335. The summed E-state index contributed by atoms with van der Waals surface area (Å²) in [5.41, 5.74) is 0. The van der Waals surface area contributed by atoms with Crippen LogP contribution in [0.15, 0.2) is 11.5 Å².